The normalized spacial score (nSPS) is 13.6. The number of methoxy groups -OCH3 is 1. The van der Waals surface area contributed by atoms with E-state index in [1.54, 1.807) is 13.0 Å². The first-order valence-corrected chi connectivity index (χ1v) is 8.27. The summed E-state index contributed by atoms with van der Waals surface area (Å²) in [6, 6.07) is 3.58. The van der Waals surface area contributed by atoms with Crippen molar-refractivity contribution in [3.05, 3.63) is 23.7 Å². The molecule has 1 atom stereocenters. The highest BCUT2D eigenvalue weighted by atomic mass is 127. The Balaban J connectivity index is 0.00000576. The number of nitrogens with one attached hydrogen (secondary N) is 2. The molecule has 1 heterocycles. The van der Waals surface area contributed by atoms with Crippen molar-refractivity contribution in [1.29, 1.82) is 0 Å². The van der Waals surface area contributed by atoms with E-state index in [9.17, 15) is 9.90 Å². The lowest BCUT2D eigenvalue weighted by Gasteiger charge is -2.19. The molecule has 0 amide bonds. The lowest BCUT2D eigenvalue weighted by Crippen LogP contribution is -2.39. The molecule has 0 aliphatic heterocycles. The van der Waals surface area contributed by atoms with Crippen LogP contribution in [0.25, 0.3) is 0 Å². The fourth-order valence-electron chi connectivity index (χ4n) is 2.08. The second-order valence-corrected chi connectivity index (χ2v) is 5.84. The first-order chi connectivity index (χ1) is 11.4. The summed E-state index contributed by atoms with van der Waals surface area (Å²) in [6.07, 6.45) is 1.99. The van der Waals surface area contributed by atoms with Crippen molar-refractivity contribution >= 4 is 35.9 Å². The van der Waals surface area contributed by atoms with Gasteiger partial charge < -0.3 is 24.9 Å². The number of nitrogens with zero attached hydrogens (tertiary/aromatic N) is 1. The number of carbonyl (C=O) groups excluding carboxylic acids is 1. The van der Waals surface area contributed by atoms with Crippen LogP contribution in [0.4, 0.5) is 0 Å². The van der Waals surface area contributed by atoms with E-state index in [1.807, 2.05) is 19.9 Å². The maximum absolute atomic E-state index is 11.0. The molecule has 0 bridgehead atoms. The van der Waals surface area contributed by atoms with Gasteiger partial charge in [0.2, 0.25) is 0 Å². The van der Waals surface area contributed by atoms with Gasteiger partial charge in [-0.3, -0.25) is 4.79 Å². The first kappa shape index (κ1) is 23.7. The van der Waals surface area contributed by atoms with Crippen LogP contribution in [0.1, 0.15) is 44.6 Å². The number of unbranched alkanes of at least 4 members (excludes halogenated alkanes) is 1. The van der Waals surface area contributed by atoms with Crippen LogP contribution >= 0.6 is 24.0 Å². The fourth-order valence-corrected chi connectivity index (χ4v) is 2.08. The van der Waals surface area contributed by atoms with E-state index in [1.165, 1.54) is 7.11 Å². The number of ether oxygens (including phenoxy) is 1. The number of esters is 1. The summed E-state index contributed by atoms with van der Waals surface area (Å²) in [4.78, 5) is 15.5. The molecule has 7 nitrogen and oxygen atoms in total. The van der Waals surface area contributed by atoms with Crippen molar-refractivity contribution in [2.24, 2.45) is 4.99 Å². The molecule has 3 N–H and O–H groups in total. The highest BCUT2D eigenvalue weighted by Crippen LogP contribution is 2.22. The number of hydrogen-bond acceptors (Lipinski definition) is 5. The Morgan fingerprint density at radius 2 is 2.08 bits per heavy atom. The minimum absolute atomic E-state index is 0. The van der Waals surface area contributed by atoms with Gasteiger partial charge in [-0.15, -0.1) is 24.0 Å². The molecule has 0 aliphatic rings. The SMILES string of the molecule is CCNC(=NCC(C)(O)c1ccc(C)o1)NCCCCC(=O)OC.I. The van der Waals surface area contributed by atoms with Crippen molar-refractivity contribution in [1.82, 2.24) is 10.6 Å². The van der Waals surface area contributed by atoms with Gasteiger partial charge in [-0.05, 0) is 45.7 Å². The molecule has 1 aromatic heterocycles. The highest BCUT2D eigenvalue weighted by Gasteiger charge is 2.26. The van der Waals surface area contributed by atoms with E-state index < -0.39 is 5.60 Å². The van der Waals surface area contributed by atoms with Crippen molar-refractivity contribution < 1.29 is 19.1 Å². The summed E-state index contributed by atoms with van der Waals surface area (Å²) >= 11 is 0. The Morgan fingerprint density at radius 3 is 2.64 bits per heavy atom. The van der Waals surface area contributed by atoms with E-state index in [2.05, 4.69) is 20.4 Å². The Hall–Kier alpha value is -1.29. The van der Waals surface area contributed by atoms with E-state index in [0.717, 1.165) is 25.1 Å². The molecule has 0 spiro atoms. The molecule has 0 aromatic carbocycles. The number of hydrogen-bond donors (Lipinski definition) is 3. The second kappa shape index (κ2) is 12.1. The molecule has 25 heavy (non-hydrogen) atoms. The van der Waals surface area contributed by atoms with Gasteiger partial charge in [0.05, 0.1) is 13.7 Å². The molecular formula is C17H30IN3O4. The molecule has 1 rings (SSSR count). The number of furan rings is 1. The molecule has 1 aromatic rings. The summed E-state index contributed by atoms with van der Waals surface area (Å²) in [5, 5.41) is 16.8. The molecule has 144 valence electrons. The predicted molar refractivity (Wildman–Crippen MR) is 108 cm³/mol. The van der Waals surface area contributed by atoms with Gasteiger partial charge in [0, 0.05) is 19.5 Å². The van der Waals surface area contributed by atoms with Crippen LogP contribution in [0.2, 0.25) is 0 Å². The van der Waals surface area contributed by atoms with Crippen molar-refractivity contribution in [2.45, 2.75) is 45.6 Å². The van der Waals surface area contributed by atoms with Crippen LogP contribution < -0.4 is 10.6 Å². The zero-order valence-electron chi connectivity index (χ0n) is 15.4. The standard InChI is InChI=1S/C17H29N3O4.HI/c1-5-18-16(19-11-7-6-8-15(21)23-4)20-12-17(3,22)14-10-9-13(2)24-14;/h9-10,22H,5-8,11-12H2,1-4H3,(H2,18,19,20);1H. The monoisotopic (exact) mass is 467 g/mol. The number of aliphatic hydroxyl groups is 1. The summed E-state index contributed by atoms with van der Waals surface area (Å²) in [7, 11) is 1.39. The van der Waals surface area contributed by atoms with Gasteiger partial charge in [0.25, 0.3) is 0 Å². The topological polar surface area (TPSA) is 96.1 Å². The minimum atomic E-state index is -1.17. The zero-order chi connectivity index (χ0) is 18.0. The first-order valence-electron chi connectivity index (χ1n) is 8.27. The van der Waals surface area contributed by atoms with E-state index >= 15 is 0 Å². The van der Waals surface area contributed by atoms with Crippen molar-refractivity contribution in [3.63, 3.8) is 0 Å². The largest absolute Gasteiger partial charge is 0.469 e. The van der Waals surface area contributed by atoms with Crippen molar-refractivity contribution in [3.8, 4) is 0 Å². The summed E-state index contributed by atoms with van der Waals surface area (Å²) in [6.45, 7) is 7.07. The average Bonchev–Trinajstić information content (AvgIpc) is 2.99. The summed E-state index contributed by atoms with van der Waals surface area (Å²) in [5.41, 5.74) is -1.17. The predicted octanol–water partition coefficient (Wildman–Crippen LogP) is 2.31. The molecule has 0 saturated carbocycles. The highest BCUT2D eigenvalue weighted by molar-refractivity contribution is 14.0. The fraction of sp³-hybridized carbons (Fsp3) is 0.647. The van der Waals surface area contributed by atoms with Gasteiger partial charge in [-0.1, -0.05) is 0 Å². The number of aliphatic imine (C=N–C) groups is 1. The van der Waals surface area contributed by atoms with Crippen molar-refractivity contribution in [2.75, 3.05) is 26.7 Å². The maximum Gasteiger partial charge on any atom is 0.305 e. The van der Waals surface area contributed by atoms with Gasteiger partial charge in [0.1, 0.15) is 17.1 Å². The minimum Gasteiger partial charge on any atom is -0.469 e. The van der Waals surface area contributed by atoms with Crippen LogP contribution in [0, 0.1) is 6.92 Å². The van der Waals surface area contributed by atoms with E-state index in [0.29, 0.717) is 24.7 Å². The van der Waals surface area contributed by atoms with Gasteiger partial charge in [0.15, 0.2) is 5.96 Å². The third-order valence-corrected chi connectivity index (χ3v) is 3.49. The van der Waals surface area contributed by atoms with Gasteiger partial charge >= 0.3 is 5.97 Å². The van der Waals surface area contributed by atoms with E-state index in [-0.39, 0.29) is 36.5 Å². The third kappa shape index (κ3) is 9.10. The van der Waals surface area contributed by atoms with Crippen LogP contribution in [-0.2, 0) is 15.1 Å². The zero-order valence-corrected chi connectivity index (χ0v) is 17.8. The Kier molecular flexibility index (Phi) is 11.5. The second-order valence-electron chi connectivity index (χ2n) is 5.84. The number of aryl methyl sites for hydroxylation is 1. The van der Waals surface area contributed by atoms with Gasteiger partial charge in [-0.25, -0.2) is 4.99 Å². The Morgan fingerprint density at radius 1 is 1.36 bits per heavy atom. The number of carbonyl (C=O) groups is 1. The number of rotatable bonds is 9. The summed E-state index contributed by atoms with van der Waals surface area (Å²) in [5.74, 6) is 1.68. The average molecular weight is 467 g/mol. The van der Waals surface area contributed by atoms with Crippen LogP contribution in [-0.4, -0.2) is 43.8 Å². The molecule has 0 radical (unpaired) electrons. The number of guanidine groups is 1. The quantitative estimate of drug-likeness (QED) is 0.170. The van der Waals surface area contributed by atoms with Crippen LogP contribution in [0.3, 0.4) is 0 Å². The molecule has 8 heteroatoms. The third-order valence-electron chi connectivity index (χ3n) is 3.49. The molecule has 0 fully saturated rings. The maximum atomic E-state index is 11.0. The molecule has 0 saturated heterocycles. The smallest absolute Gasteiger partial charge is 0.305 e. The molecule has 0 aliphatic carbocycles. The lowest BCUT2D eigenvalue weighted by molar-refractivity contribution is -0.140. The van der Waals surface area contributed by atoms with Crippen LogP contribution in [0.5, 0.6) is 0 Å². The molecular weight excluding hydrogens is 437 g/mol. The van der Waals surface area contributed by atoms with Gasteiger partial charge in [-0.2, -0.15) is 0 Å². The molecule has 1 unspecified atom stereocenters. The lowest BCUT2D eigenvalue weighted by atomic mass is 10.0. The van der Waals surface area contributed by atoms with E-state index in [4.69, 9.17) is 4.42 Å². The number of halogens is 1. The summed E-state index contributed by atoms with van der Waals surface area (Å²) < 4.78 is 10.1. The Bertz CT molecular complexity index is 544. The Labute approximate surface area is 166 Å². The van der Waals surface area contributed by atoms with Crippen LogP contribution in [0.15, 0.2) is 21.5 Å².